The number of nitrogens with zero attached hydrogens (tertiary/aromatic N) is 1. The summed E-state index contributed by atoms with van der Waals surface area (Å²) >= 11 is 1.64. The summed E-state index contributed by atoms with van der Waals surface area (Å²) in [5, 5.41) is 6.74. The molecule has 0 bridgehead atoms. The molecule has 0 aliphatic carbocycles. The highest BCUT2D eigenvalue weighted by molar-refractivity contribution is 7.09. The molecule has 0 saturated heterocycles. The van der Waals surface area contributed by atoms with E-state index in [1.54, 1.807) is 17.4 Å². The Bertz CT molecular complexity index is 898. The van der Waals surface area contributed by atoms with Gasteiger partial charge in [-0.25, -0.2) is 4.98 Å². The average molecular weight is 327 g/mol. The normalized spacial score (nSPS) is 10.8. The van der Waals surface area contributed by atoms with E-state index in [1.165, 1.54) is 6.07 Å². The van der Waals surface area contributed by atoms with Gasteiger partial charge in [-0.15, -0.1) is 11.3 Å². The van der Waals surface area contributed by atoms with Crippen molar-refractivity contribution < 1.29 is 4.79 Å². The van der Waals surface area contributed by atoms with Crippen LogP contribution in [0.1, 0.15) is 27.5 Å². The lowest BCUT2D eigenvalue weighted by atomic mass is 10.1. The standard InChI is InChI=1S/C17H17N3O2S/c1-11-10-23-16(19-11)7-4-8-18-17(22)13-9-15(21)20-14-6-3-2-5-12(13)14/h2-3,5-6,9-10H,4,7-8H2,1H3,(H,18,22)(H,20,21). The van der Waals surface area contributed by atoms with E-state index < -0.39 is 0 Å². The predicted octanol–water partition coefficient (Wildman–Crippen LogP) is 2.66. The Morgan fingerprint density at radius 2 is 2.17 bits per heavy atom. The fraction of sp³-hybridized carbons (Fsp3) is 0.235. The zero-order valence-electron chi connectivity index (χ0n) is 12.8. The average Bonchev–Trinajstić information content (AvgIpc) is 2.96. The summed E-state index contributed by atoms with van der Waals surface area (Å²) in [5.74, 6) is -0.220. The summed E-state index contributed by atoms with van der Waals surface area (Å²) in [7, 11) is 0. The molecule has 2 aromatic heterocycles. The van der Waals surface area contributed by atoms with E-state index in [2.05, 4.69) is 15.3 Å². The van der Waals surface area contributed by atoms with Gasteiger partial charge in [0.2, 0.25) is 5.56 Å². The lowest BCUT2D eigenvalue weighted by Crippen LogP contribution is -2.26. The minimum atomic E-state index is -0.271. The summed E-state index contributed by atoms with van der Waals surface area (Å²) in [6, 6.07) is 8.65. The van der Waals surface area contributed by atoms with Crippen molar-refractivity contribution in [3.63, 3.8) is 0 Å². The SMILES string of the molecule is Cc1csc(CCCNC(=O)c2cc(=O)[nH]c3ccccc23)n1. The van der Waals surface area contributed by atoms with Gasteiger partial charge in [0.25, 0.3) is 5.91 Å². The molecular formula is C17H17N3O2S. The molecule has 1 amide bonds. The fourth-order valence-corrected chi connectivity index (χ4v) is 3.26. The number of carbonyl (C=O) groups is 1. The lowest BCUT2D eigenvalue weighted by Gasteiger charge is -2.07. The molecule has 1 aromatic carbocycles. The number of rotatable bonds is 5. The van der Waals surface area contributed by atoms with E-state index in [4.69, 9.17) is 0 Å². The smallest absolute Gasteiger partial charge is 0.252 e. The fourth-order valence-electron chi connectivity index (χ4n) is 2.45. The van der Waals surface area contributed by atoms with E-state index in [9.17, 15) is 9.59 Å². The number of H-pyrrole nitrogens is 1. The second-order valence-electron chi connectivity index (χ2n) is 5.33. The topological polar surface area (TPSA) is 74.8 Å². The van der Waals surface area contributed by atoms with Crippen molar-refractivity contribution in [3.8, 4) is 0 Å². The maximum atomic E-state index is 12.3. The van der Waals surface area contributed by atoms with Gasteiger partial charge in [0, 0.05) is 41.0 Å². The van der Waals surface area contributed by atoms with Crippen LogP contribution in [0, 0.1) is 6.92 Å². The Hall–Kier alpha value is -2.47. The van der Waals surface area contributed by atoms with Crippen LogP contribution in [0.25, 0.3) is 10.9 Å². The van der Waals surface area contributed by atoms with E-state index in [-0.39, 0.29) is 11.5 Å². The molecule has 0 atom stereocenters. The number of hydrogen-bond donors (Lipinski definition) is 2. The molecule has 2 N–H and O–H groups in total. The lowest BCUT2D eigenvalue weighted by molar-refractivity contribution is 0.0954. The van der Waals surface area contributed by atoms with Crippen molar-refractivity contribution in [2.75, 3.05) is 6.54 Å². The van der Waals surface area contributed by atoms with Crippen LogP contribution < -0.4 is 10.9 Å². The molecule has 23 heavy (non-hydrogen) atoms. The number of aromatic amines is 1. The van der Waals surface area contributed by atoms with Gasteiger partial charge in [0.15, 0.2) is 0 Å². The molecular weight excluding hydrogens is 310 g/mol. The molecule has 6 heteroatoms. The van der Waals surface area contributed by atoms with Gasteiger partial charge in [-0.2, -0.15) is 0 Å². The van der Waals surface area contributed by atoms with Gasteiger partial charge in [-0.05, 0) is 19.4 Å². The van der Waals surface area contributed by atoms with Gasteiger partial charge in [-0.1, -0.05) is 18.2 Å². The Morgan fingerprint density at radius 1 is 1.35 bits per heavy atom. The van der Waals surface area contributed by atoms with Gasteiger partial charge in [0.05, 0.1) is 10.6 Å². The second kappa shape index (κ2) is 6.75. The molecule has 118 valence electrons. The van der Waals surface area contributed by atoms with Gasteiger partial charge in [0.1, 0.15) is 0 Å². The number of aryl methyl sites for hydroxylation is 2. The Kier molecular flexibility index (Phi) is 4.52. The van der Waals surface area contributed by atoms with Crippen molar-refractivity contribution in [2.45, 2.75) is 19.8 Å². The molecule has 0 saturated carbocycles. The van der Waals surface area contributed by atoms with Crippen LogP contribution >= 0.6 is 11.3 Å². The van der Waals surface area contributed by atoms with Crippen LogP contribution in [-0.4, -0.2) is 22.4 Å². The summed E-state index contributed by atoms with van der Waals surface area (Å²) in [4.78, 5) is 31.2. The highest BCUT2D eigenvalue weighted by Crippen LogP contribution is 2.14. The molecule has 3 aromatic rings. The first-order chi connectivity index (χ1) is 11.1. The zero-order valence-corrected chi connectivity index (χ0v) is 13.6. The van der Waals surface area contributed by atoms with Crippen molar-refractivity contribution in [1.82, 2.24) is 15.3 Å². The number of carbonyl (C=O) groups excluding carboxylic acids is 1. The second-order valence-corrected chi connectivity index (χ2v) is 6.28. The number of thiazole rings is 1. The van der Waals surface area contributed by atoms with Gasteiger partial charge < -0.3 is 10.3 Å². The van der Waals surface area contributed by atoms with E-state index in [1.807, 2.05) is 30.5 Å². The molecule has 3 rings (SSSR count). The number of hydrogen-bond acceptors (Lipinski definition) is 4. The number of amides is 1. The molecule has 2 heterocycles. The first kappa shape index (κ1) is 15.4. The van der Waals surface area contributed by atoms with E-state index in [0.717, 1.165) is 28.9 Å². The number of para-hydroxylation sites is 1. The number of benzene rings is 1. The number of pyridine rings is 1. The first-order valence-corrected chi connectivity index (χ1v) is 8.33. The molecule has 0 unspecified atom stereocenters. The monoisotopic (exact) mass is 327 g/mol. The van der Waals surface area contributed by atoms with Crippen LogP contribution in [0.15, 0.2) is 40.5 Å². The van der Waals surface area contributed by atoms with Crippen LogP contribution in [0.4, 0.5) is 0 Å². The van der Waals surface area contributed by atoms with Crippen molar-refractivity contribution >= 4 is 28.1 Å². The van der Waals surface area contributed by atoms with Crippen molar-refractivity contribution in [2.24, 2.45) is 0 Å². The largest absolute Gasteiger partial charge is 0.352 e. The molecule has 0 aliphatic heterocycles. The molecule has 0 fully saturated rings. The van der Waals surface area contributed by atoms with Crippen LogP contribution in [0.3, 0.4) is 0 Å². The van der Waals surface area contributed by atoms with Crippen molar-refractivity contribution in [1.29, 1.82) is 0 Å². The van der Waals surface area contributed by atoms with Crippen molar-refractivity contribution in [3.05, 3.63) is 62.3 Å². The minimum Gasteiger partial charge on any atom is -0.352 e. The third-order valence-electron chi connectivity index (χ3n) is 3.51. The molecule has 5 nitrogen and oxygen atoms in total. The molecule has 0 radical (unpaired) electrons. The maximum Gasteiger partial charge on any atom is 0.252 e. The quantitative estimate of drug-likeness (QED) is 0.708. The summed E-state index contributed by atoms with van der Waals surface area (Å²) in [6.45, 7) is 2.53. The highest BCUT2D eigenvalue weighted by Gasteiger charge is 2.11. The third kappa shape index (κ3) is 3.65. The molecule has 0 spiro atoms. The summed E-state index contributed by atoms with van der Waals surface area (Å²) in [5.41, 5.74) is 1.84. The van der Waals surface area contributed by atoms with Gasteiger partial charge >= 0.3 is 0 Å². The predicted molar refractivity (Wildman–Crippen MR) is 92.1 cm³/mol. The van der Waals surface area contributed by atoms with Crippen LogP contribution in [0.2, 0.25) is 0 Å². The zero-order chi connectivity index (χ0) is 16.2. The Balaban J connectivity index is 1.65. The number of aromatic nitrogens is 2. The Labute approximate surface area is 137 Å². The molecule has 0 aliphatic rings. The first-order valence-electron chi connectivity index (χ1n) is 7.45. The third-order valence-corrected chi connectivity index (χ3v) is 4.54. The van der Waals surface area contributed by atoms with Crippen LogP contribution in [-0.2, 0) is 6.42 Å². The van der Waals surface area contributed by atoms with E-state index >= 15 is 0 Å². The van der Waals surface area contributed by atoms with Crippen LogP contribution in [0.5, 0.6) is 0 Å². The van der Waals surface area contributed by atoms with Gasteiger partial charge in [-0.3, -0.25) is 9.59 Å². The highest BCUT2D eigenvalue weighted by atomic mass is 32.1. The number of nitrogens with one attached hydrogen (secondary N) is 2. The summed E-state index contributed by atoms with van der Waals surface area (Å²) < 4.78 is 0. The maximum absolute atomic E-state index is 12.3. The summed E-state index contributed by atoms with van der Waals surface area (Å²) in [6.07, 6.45) is 1.66. The minimum absolute atomic E-state index is 0.220. The van der Waals surface area contributed by atoms with E-state index in [0.29, 0.717) is 17.6 Å². The Morgan fingerprint density at radius 3 is 2.96 bits per heavy atom. The number of fused-ring (bicyclic) bond motifs is 1.